The highest BCUT2D eigenvalue weighted by atomic mass is 19.1. The van der Waals surface area contributed by atoms with E-state index in [2.05, 4.69) is 5.32 Å². The van der Waals surface area contributed by atoms with Gasteiger partial charge in [0, 0.05) is 50.9 Å². The van der Waals surface area contributed by atoms with Crippen LogP contribution >= 0.6 is 0 Å². The Labute approximate surface area is 191 Å². The molecule has 0 bridgehead atoms. The first kappa shape index (κ1) is 23.8. The van der Waals surface area contributed by atoms with Gasteiger partial charge in [-0.1, -0.05) is 0 Å². The van der Waals surface area contributed by atoms with Crippen LogP contribution in [0.4, 0.5) is 13.2 Å². The van der Waals surface area contributed by atoms with Crippen LogP contribution in [0.25, 0.3) is 0 Å². The maximum atomic E-state index is 14.0. The number of carbonyl (C=O) groups excluding carboxylic acids is 2. The predicted molar refractivity (Wildman–Crippen MR) is 111 cm³/mol. The van der Waals surface area contributed by atoms with Crippen LogP contribution in [0.5, 0.6) is 5.75 Å². The van der Waals surface area contributed by atoms with Crippen LogP contribution in [0.2, 0.25) is 0 Å². The van der Waals surface area contributed by atoms with Crippen LogP contribution in [0.3, 0.4) is 0 Å². The molecule has 2 aliphatic rings. The number of nitrogens with one attached hydrogen (secondary N) is 1. The van der Waals surface area contributed by atoms with Crippen LogP contribution in [-0.4, -0.2) is 58.3 Å². The van der Waals surface area contributed by atoms with Crippen molar-refractivity contribution in [3.63, 3.8) is 0 Å². The molecule has 2 amide bonds. The molecular weight excluding hydrogens is 459 g/mol. The second kappa shape index (κ2) is 8.44. The Balaban J connectivity index is 1.83. The fourth-order valence-corrected chi connectivity index (χ4v) is 4.86. The molecule has 9 nitrogen and oxygen atoms in total. The predicted octanol–water partition coefficient (Wildman–Crippen LogP) is 1.16. The van der Waals surface area contributed by atoms with Gasteiger partial charge >= 0.3 is 0 Å². The summed E-state index contributed by atoms with van der Waals surface area (Å²) in [5.74, 6) is -6.38. The summed E-state index contributed by atoms with van der Waals surface area (Å²) in [6.07, 6.45) is -1.38. The van der Waals surface area contributed by atoms with Gasteiger partial charge in [-0.05, 0) is 6.92 Å². The number of aliphatic hydroxyl groups excluding tert-OH is 1. The Morgan fingerprint density at radius 2 is 1.91 bits per heavy atom. The highest BCUT2D eigenvalue weighted by Gasteiger charge is 2.53. The monoisotopic (exact) mass is 481 g/mol. The molecule has 2 aliphatic heterocycles. The number of likely N-dealkylation sites (N-methyl/N-ethyl adjacent to an activating group) is 1. The Morgan fingerprint density at radius 1 is 1.26 bits per heavy atom. The number of amides is 2. The minimum atomic E-state index is -1.37. The smallest absolute Gasteiger partial charge is 0.274 e. The van der Waals surface area contributed by atoms with E-state index in [9.17, 15) is 37.8 Å². The van der Waals surface area contributed by atoms with E-state index in [4.69, 9.17) is 4.74 Å². The lowest BCUT2D eigenvalue weighted by molar-refractivity contribution is 0.0214. The maximum absolute atomic E-state index is 14.0. The number of pyridine rings is 1. The van der Waals surface area contributed by atoms with Crippen LogP contribution in [0.1, 0.15) is 51.6 Å². The highest BCUT2D eigenvalue weighted by Crippen LogP contribution is 2.46. The molecule has 2 unspecified atom stereocenters. The van der Waals surface area contributed by atoms with Gasteiger partial charge in [-0.3, -0.25) is 14.4 Å². The number of hydrogen-bond acceptors (Lipinski definition) is 6. The quantitative estimate of drug-likeness (QED) is 0.570. The van der Waals surface area contributed by atoms with Crippen LogP contribution in [0, 0.1) is 17.5 Å². The molecule has 0 fully saturated rings. The molecule has 3 N–H and O–H groups in total. The van der Waals surface area contributed by atoms with Gasteiger partial charge in [0.2, 0.25) is 5.43 Å². The van der Waals surface area contributed by atoms with Crippen molar-refractivity contribution in [2.24, 2.45) is 0 Å². The van der Waals surface area contributed by atoms with Gasteiger partial charge in [0.25, 0.3) is 11.8 Å². The lowest BCUT2D eigenvalue weighted by Gasteiger charge is -2.42. The SMILES string of the molecule is CCN1CC2(COC)CC(O)c3c(C(=O)NCc4c(F)cc(F)cc4F)c(=O)c(O)c(n32)C1=O. The van der Waals surface area contributed by atoms with Crippen LogP contribution in [-0.2, 0) is 16.8 Å². The molecule has 182 valence electrons. The zero-order chi connectivity index (χ0) is 24.9. The summed E-state index contributed by atoms with van der Waals surface area (Å²) in [6.45, 7) is 1.34. The summed E-state index contributed by atoms with van der Waals surface area (Å²) in [5, 5.41) is 23.7. The zero-order valence-corrected chi connectivity index (χ0v) is 18.3. The van der Waals surface area contributed by atoms with Crippen molar-refractivity contribution in [2.75, 3.05) is 26.8 Å². The third kappa shape index (κ3) is 3.44. The fraction of sp³-hybridized carbons (Fsp3) is 0.409. The molecule has 3 heterocycles. The number of halogens is 3. The standard InChI is InChI=1S/C22H22F3N3O6/c1-3-27-8-22(9-34-2)6-14(29)16-15(18(30)19(31)17(21(27)33)28(16)22)20(32)26-7-11-12(24)4-10(23)5-13(11)25/h4-5,14,29,31H,3,6-9H2,1-2H3,(H,26,32). The number of aromatic hydroxyl groups is 1. The van der Waals surface area contributed by atoms with Crippen molar-refractivity contribution >= 4 is 11.8 Å². The molecule has 1 aromatic heterocycles. The zero-order valence-electron chi connectivity index (χ0n) is 18.3. The molecule has 0 spiro atoms. The number of hydrogen-bond donors (Lipinski definition) is 3. The van der Waals surface area contributed by atoms with Gasteiger partial charge < -0.3 is 29.7 Å². The van der Waals surface area contributed by atoms with E-state index in [0.29, 0.717) is 12.1 Å². The summed E-state index contributed by atoms with van der Waals surface area (Å²) in [5.41, 5.74) is -4.13. The van der Waals surface area contributed by atoms with Gasteiger partial charge in [-0.15, -0.1) is 0 Å². The number of carbonyl (C=O) groups is 2. The van der Waals surface area contributed by atoms with E-state index in [1.54, 1.807) is 6.92 Å². The van der Waals surface area contributed by atoms with Gasteiger partial charge in [0.05, 0.1) is 23.9 Å². The topological polar surface area (TPSA) is 121 Å². The largest absolute Gasteiger partial charge is 0.503 e. The summed E-state index contributed by atoms with van der Waals surface area (Å²) >= 11 is 0. The second-order valence-corrected chi connectivity index (χ2v) is 8.35. The summed E-state index contributed by atoms with van der Waals surface area (Å²) in [4.78, 5) is 40.3. The Kier molecular flexibility index (Phi) is 5.90. The first-order chi connectivity index (χ1) is 16.1. The first-order valence-corrected chi connectivity index (χ1v) is 10.5. The van der Waals surface area contributed by atoms with Crippen molar-refractivity contribution in [1.82, 2.24) is 14.8 Å². The summed E-state index contributed by atoms with van der Waals surface area (Å²) in [7, 11) is 1.41. The molecule has 2 aromatic rings. The lowest BCUT2D eigenvalue weighted by atomic mass is 9.93. The van der Waals surface area contributed by atoms with E-state index in [1.807, 2.05) is 0 Å². The molecule has 0 saturated carbocycles. The number of benzene rings is 1. The molecular formula is C22H22F3N3O6. The molecule has 1 aromatic carbocycles. The minimum Gasteiger partial charge on any atom is -0.503 e. The summed E-state index contributed by atoms with van der Waals surface area (Å²) < 4.78 is 47.7. The number of ether oxygens (including phenoxy) is 1. The van der Waals surface area contributed by atoms with Crippen molar-refractivity contribution in [2.45, 2.75) is 31.5 Å². The van der Waals surface area contributed by atoms with Gasteiger partial charge in [0.15, 0.2) is 11.4 Å². The van der Waals surface area contributed by atoms with Gasteiger partial charge in [0.1, 0.15) is 23.0 Å². The van der Waals surface area contributed by atoms with Crippen molar-refractivity contribution in [3.8, 4) is 5.75 Å². The highest BCUT2D eigenvalue weighted by molar-refractivity contribution is 6.00. The fourth-order valence-electron chi connectivity index (χ4n) is 4.86. The number of aromatic nitrogens is 1. The molecule has 0 saturated heterocycles. The van der Waals surface area contributed by atoms with Gasteiger partial charge in [-0.25, -0.2) is 13.2 Å². The van der Waals surface area contributed by atoms with E-state index in [-0.39, 0.29) is 37.5 Å². The molecule has 0 aliphatic carbocycles. The van der Waals surface area contributed by atoms with Crippen molar-refractivity contribution in [3.05, 3.63) is 62.3 Å². The number of nitrogens with zero attached hydrogens (tertiary/aromatic N) is 2. The number of aliphatic hydroxyl groups is 1. The van der Waals surface area contributed by atoms with Crippen LogP contribution < -0.4 is 10.7 Å². The van der Waals surface area contributed by atoms with Gasteiger partial charge in [-0.2, -0.15) is 0 Å². The van der Waals surface area contributed by atoms with Crippen LogP contribution in [0.15, 0.2) is 16.9 Å². The number of rotatable bonds is 6. The molecule has 4 rings (SSSR count). The Hall–Kier alpha value is -3.38. The summed E-state index contributed by atoms with van der Waals surface area (Å²) in [6, 6.07) is 0.884. The molecule has 12 heteroatoms. The average molecular weight is 481 g/mol. The first-order valence-electron chi connectivity index (χ1n) is 10.5. The Bertz CT molecular complexity index is 1240. The number of methoxy groups -OCH3 is 1. The van der Waals surface area contributed by atoms with E-state index in [1.165, 1.54) is 16.6 Å². The normalized spacial score (nSPS) is 21.1. The second-order valence-electron chi connectivity index (χ2n) is 8.35. The third-order valence-electron chi connectivity index (χ3n) is 6.28. The lowest BCUT2D eigenvalue weighted by Crippen LogP contribution is -2.55. The molecule has 34 heavy (non-hydrogen) atoms. The van der Waals surface area contributed by atoms with E-state index < -0.39 is 69.8 Å². The van der Waals surface area contributed by atoms with E-state index >= 15 is 0 Å². The molecule has 0 radical (unpaired) electrons. The Morgan fingerprint density at radius 3 is 2.50 bits per heavy atom. The van der Waals surface area contributed by atoms with E-state index in [0.717, 1.165) is 0 Å². The van der Waals surface area contributed by atoms with Crippen molar-refractivity contribution in [1.29, 1.82) is 0 Å². The maximum Gasteiger partial charge on any atom is 0.274 e. The third-order valence-corrected chi connectivity index (χ3v) is 6.28. The molecule has 2 atom stereocenters. The van der Waals surface area contributed by atoms with Crippen molar-refractivity contribution < 1.29 is 37.7 Å². The minimum absolute atomic E-state index is 0.00319. The average Bonchev–Trinajstić information content (AvgIpc) is 3.04.